The Labute approximate surface area is 169 Å². The van der Waals surface area contributed by atoms with Crippen LogP contribution in [0.5, 0.6) is 5.75 Å². The van der Waals surface area contributed by atoms with Crippen LogP contribution in [0.1, 0.15) is 20.3 Å². The van der Waals surface area contributed by atoms with Gasteiger partial charge in [-0.1, -0.05) is 56.3 Å². The van der Waals surface area contributed by atoms with Gasteiger partial charge in [0.15, 0.2) is 0 Å². The third-order valence-corrected chi connectivity index (χ3v) is 6.13. The summed E-state index contributed by atoms with van der Waals surface area (Å²) in [5.74, 6) is 0.814. The van der Waals surface area contributed by atoms with Crippen molar-refractivity contribution < 1.29 is 4.74 Å². The summed E-state index contributed by atoms with van der Waals surface area (Å²) in [4.78, 5) is 9.29. The first-order chi connectivity index (χ1) is 13.7. The molecule has 0 unspecified atom stereocenters. The van der Waals surface area contributed by atoms with Crippen LogP contribution in [0, 0.1) is 0 Å². The summed E-state index contributed by atoms with van der Waals surface area (Å²) in [6, 6.07) is 18.4. The maximum Gasteiger partial charge on any atom is 0.149 e. The Balaban J connectivity index is 2.01. The molecule has 2 aromatic carbocycles. The average Bonchev–Trinajstić information content (AvgIpc) is 3.15. The van der Waals surface area contributed by atoms with E-state index >= 15 is 0 Å². The van der Waals surface area contributed by atoms with E-state index in [1.807, 2.05) is 24.3 Å². The minimum Gasteiger partial charge on any atom is -0.495 e. The van der Waals surface area contributed by atoms with Crippen molar-refractivity contribution in [2.75, 3.05) is 7.11 Å². The van der Waals surface area contributed by atoms with Gasteiger partial charge < -0.3 is 4.74 Å². The molecule has 142 valence electrons. The molecular weight excluding hydrogens is 366 g/mol. The van der Waals surface area contributed by atoms with Gasteiger partial charge in [0.1, 0.15) is 22.7 Å². The van der Waals surface area contributed by atoms with Gasteiger partial charge in [0.25, 0.3) is 0 Å². The minimum atomic E-state index is 0.483. The van der Waals surface area contributed by atoms with Crippen LogP contribution in [0.3, 0.4) is 0 Å². The molecule has 4 nitrogen and oxygen atoms in total. The van der Waals surface area contributed by atoms with Crippen molar-refractivity contribution in [3.8, 4) is 22.6 Å². The van der Waals surface area contributed by atoms with Gasteiger partial charge in [0.05, 0.1) is 18.2 Å². The lowest BCUT2D eigenvalue weighted by molar-refractivity contribution is 0.413. The van der Waals surface area contributed by atoms with Gasteiger partial charge in [-0.25, -0.2) is 9.97 Å². The molecule has 0 aliphatic heterocycles. The molecule has 2 heterocycles. The van der Waals surface area contributed by atoms with Gasteiger partial charge in [0, 0.05) is 17.0 Å². The molecule has 0 saturated heterocycles. The average molecular weight is 390 g/mol. The van der Waals surface area contributed by atoms with Crippen LogP contribution in [0.15, 0.2) is 72.1 Å². The Morgan fingerprint density at radius 2 is 1.79 bits per heavy atom. The summed E-state index contributed by atoms with van der Waals surface area (Å²) in [5, 5.41) is 2.59. The number of thioether (sulfide) groups is 1. The highest BCUT2D eigenvalue weighted by molar-refractivity contribution is 8.00. The summed E-state index contributed by atoms with van der Waals surface area (Å²) in [5.41, 5.74) is 4.15. The quantitative estimate of drug-likeness (QED) is 0.300. The number of rotatable bonds is 6. The Bertz CT molecular complexity index is 1090. The van der Waals surface area contributed by atoms with E-state index in [0.717, 1.165) is 45.0 Å². The van der Waals surface area contributed by atoms with Crippen molar-refractivity contribution in [2.24, 2.45) is 0 Å². The zero-order valence-electron chi connectivity index (χ0n) is 16.3. The van der Waals surface area contributed by atoms with Crippen molar-refractivity contribution in [1.82, 2.24) is 14.5 Å². The Hall–Kier alpha value is -2.79. The van der Waals surface area contributed by atoms with Crippen LogP contribution in [0.25, 0.3) is 27.8 Å². The van der Waals surface area contributed by atoms with E-state index in [1.165, 1.54) is 0 Å². The number of fused-ring (bicyclic) bond motifs is 1. The molecule has 4 aromatic rings. The SMILES string of the molecule is CC[C@@H](C)Sc1ncnc2c1c(-c1ccccc1)cn2-c1ccccc1OC. The minimum absolute atomic E-state index is 0.483. The second-order valence-electron chi connectivity index (χ2n) is 6.66. The number of hydrogen-bond acceptors (Lipinski definition) is 4. The first-order valence-electron chi connectivity index (χ1n) is 9.44. The van der Waals surface area contributed by atoms with E-state index in [1.54, 1.807) is 25.2 Å². The molecule has 5 heteroatoms. The van der Waals surface area contributed by atoms with Crippen LogP contribution in [-0.2, 0) is 0 Å². The van der Waals surface area contributed by atoms with Crippen LogP contribution < -0.4 is 4.74 Å². The van der Waals surface area contributed by atoms with Crippen molar-refractivity contribution in [3.63, 3.8) is 0 Å². The third kappa shape index (κ3) is 3.38. The number of methoxy groups -OCH3 is 1. The molecule has 1 atom stereocenters. The maximum atomic E-state index is 5.61. The second-order valence-corrected chi connectivity index (χ2v) is 8.09. The smallest absolute Gasteiger partial charge is 0.149 e. The predicted molar refractivity (Wildman–Crippen MR) is 116 cm³/mol. The van der Waals surface area contributed by atoms with Gasteiger partial charge in [-0.3, -0.25) is 4.57 Å². The van der Waals surface area contributed by atoms with Gasteiger partial charge >= 0.3 is 0 Å². The Kier molecular flexibility index (Phi) is 5.35. The van der Waals surface area contributed by atoms with E-state index in [2.05, 4.69) is 64.9 Å². The van der Waals surface area contributed by atoms with Gasteiger partial charge in [-0.05, 0) is 24.1 Å². The summed E-state index contributed by atoms with van der Waals surface area (Å²) in [6.45, 7) is 4.44. The molecule has 0 saturated carbocycles. The van der Waals surface area contributed by atoms with Crippen LogP contribution in [0.2, 0.25) is 0 Å². The highest BCUT2D eigenvalue weighted by Crippen LogP contribution is 2.39. The molecule has 0 aliphatic rings. The fourth-order valence-electron chi connectivity index (χ4n) is 3.25. The molecule has 0 N–H and O–H groups in total. The molecule has 2 aromatic heterocycles. The lowest BCUT2D eigenvalue weighted by Crippen LogP contribution is -1.99. The Morgan fingerprint density at radius 1 is 1.04 bits per heavy atom. The first kappa shape index (κ1) is 18.6. The third-order valence-electron chi connectivity index (χ3n) is 4.87. The largest absolute Gasteiger partial charge is 0.495 e. The van der Waals surface area contributed by atoms with E-state index in [9.17, 15) is 0 Å². The molecular formula is C23H23N3OS. The predicted octanol–water partition coefficient (Wildman–Crippen LogP) is 5.99. The Morgan fingerprint density at radius 3 is 2.54 bits per heavy atom. The first-order valence-corrected chi connectivity index (χ1v) is 10.3. The molecule has 0 spiro atoms. The number of hydrogen-bond donors (Lipinski definition) is 0. The monoisotopic (exact) mass is 389 g/mol. The van der Waals surface area contributed by atoms with Gasteiger partial charge in [-0.15, -0.1) is 11.8 Å². The standard InChI is InChI=1S/C23H23N3OS/c1-4-16(2)28-23-21-18(17-10-6-5-7-11-17)14-26(22(21)24-15-25-23)19-12-8-9-13-20(19)27-3/h5-16H,4H2,1-3H3/t16-/m1/s1. The number of ether oxygens (including phenoxy) is 1. The molecule has 0 radical (unpaired) electrons. The molecule has 28 heavy (non-hydrogen) atoms. The molecule has 0 amide bonds. The van der Waals surface area contributed by atoms with Gasteiger partial charge in [-0.2, -0.15) is 0 Å². The molecule has 0 aliphatic carbocycles. The van der Waals surface area contributed by atoms with Crippen molar-refractivity contribution in [2.45, 2.75) is 30.5 Å². The lowest BCUT2D eigenvalue weighted by atomic mass is 10.1. The van der Waals surface area contributed by atoms with Crippen molar-refractivity contribution in [1.29, 1.82) is 0 Å². The van der Waals surface area contributed by atoms with Crippen LogP contribution in [-0.4, -0.2) is 26.9 Å². The summed E-state index contributed by atoms with van der Waals surface area (Å²) in [7, 11) is 1.70. The second kappa shape index (κ2) is 8.07. The summed E-state index contributed by atoms with van der Waals surface area (Å²) in [6.07, 6.45) is 4.89. The normalized spacial score (nSPS) is 12.2. The number of benzene rings is 2. The molecule has 0 fully saturated rings. The maximum absolute atomic E-state index is 5.61. The van der Waals surface area contributed by atoms with E-state index in [4.69, 9.17) is 4.74 Å². The number of para-hydroxylation sites is 2. The highest BCUT2D eigenvalue weighted by atomic mass is 32.2. The topological polar surface area (TPSA) is 39.9 Å². The fraction of sp³-hybridized carbons (Fsp3) is 0.217. The van der Waals surface area contributed by atoms with E-state index in [-0.39, 0.29) is 0 Å². The zero-order chi connectivity index (χ0) is 19.5. The van der Waals surface area contributed by atoms with Gasteiger partial charge in [0.2, 0.25) is 0 Å². The van der Waals surface area contributed by atoms with Crippen LogP contribution >= 0.6 is 11.8 Å². The molecule has 4 rings (SSSR count). The van der Waals surface area contributed by atoms with Crippen molar-refractivity contribution >= 4 is 22.8 Å². The summed E-state index contributed by atoms with van der Waals surface area (Å²) < 4.78 is 7.72. The lowest BCUT2D eigenvalue weighted by Gasteiger charge is -2.11. The molecule has 0 bridgehead atoms. The van der Waals surface area contributed by atoms with E-state index < -0.39 is 0 Å². The fourth-order valence-corrected chi connectivity index (χ4v) is 4.22. The summed E-state index contributed by atoms with van der Waals surface area (Å²) >= 11 is 1.80. The zero-order valence-corrected chi connectivity index (χ0v) is 17.1. The van der Waals surface area contributed by atoms with E-state index in [0.29, 0.717) is 5.25 Å². The van der Waals surface area contributed by atoms with Crippen LogP contribution in [0.4, 0.5) is 0 Å². The number of nitrogens with zero attached hydrogens (tertiary/aromatic N) is 3. The highest BCUT2D eigenvalue weighted by Gasteiger charge is 2.20. The van der Waals surface area contributed by atoms with Crippen molar-refractivity contribution in [3.05, 3.63) is 67.1 Å². The number of aromatic nitrogens is 3.